The van der Waals surface area contributed by atoms with Crippen LogP contribution in [0, 0.1) is 4.91 Å². The second-order valence-electron chi connectivity index (χ2n) is 15.5. The summed E-state index contributed by atoms with van der Waals surface area (Å²) in [5.41, 5.74) is 2.03. The smallest absolute Gasteiger partial charge is 0.321 e. The molecule has 67 heavy (non-hydrogen) atoms. The summed E-state index contributed by atoms with van der Waals surface area (Å²) in [4.78, 5) is 57.3. The number of alkyl halides is 3. The van der Waals surface area contributed by atoms with Crippen molar-refractivity contribution in [3.8, 4) is 0 Å². The molecule has 4 aliphatic rings. The van der Waals surface area contributed by atoms with Crippen LogP contribution in [0.2, 0.25) is 30.1 Å². The first-order chi connectivity index (χ1) is 31.9. The monoisotopic (exact) mass is 1100 g/mol. The van der Waals surface area contributed by atoms with Crippen molar-refractivity contribution in [3.05, 3.63) is 131 Å². The molecule has 0 radical (unpaired) electrons. The number of likely N-dealkylation sites (tertiary alicyclic amines) is 2. The summed E-state index contributed by atoms with van der Waals surface area (Å²) in [5, 5.41) is 32.4. The quantitative estimate of drug-likeness (QED) is 0.109. The van der Waals surface area contributed by atoms with E-state index in [0.29, 0.717) is 92.8 Å². The lowest BCUT2D eigenvalue weighted by Crippen LogP contribution is -2.55. The zero-order chi connectivity index (χ0) is 48.8. The second kappa shape index (κ2) is 26.9. The molecule has 0 spiro atoms. The van der Waals surface area contributed by atoms with Crippen molar-refractivity contribution in [2.45, 2.75) is 28.6 Å². The van der Waals surface area contributed by atoms with Crippen LogP contribution in [-0.2, 0) is 0 Å². The number of urea groups is 1. The van der Waals surface area contributed by atoms with E-state index in [-0.39, 0.29) is 42.2 Å². The molecule has 4 aromatic carbocycles. The summed E-state index contributed by atoms with van der Waals surface area (Å²) < 4.78 is -0.750. The van der Waals surface area contributed by atoms with Crippen molar-refractivity contribution < 1.29 is 24.6 Å². The Morgan fingerprint density at radius 3 is 1.43 bits per heavy atom. The van der Waals surface area contributed by atoms with Crippen LogP contribution in [0.1, 0.15) is 20.7 Å². The molecule has 0 saturated carbocycles. The highest BCUT2D eigenvalue weighted by atomic mass is 35.6. The zero-order valence-electron chi connectivity index (χ0n) is 35.6. The highest BCUT2D eigenvalue weighted by Gasteiger charge is 2.40. The number of aliphatic hydroxyl groups excluding tert-OH is 2. The van der Waals surface area contributed by atoms with E-state index in [4.69, 9.17) is 104 Å². The van der Waals surface area contributed by atoms with Crippen LogP contribution < -0.4 is 10.6 Å². The number of nitrogens with one attached hydrogen (secondary N) is 2. The fourth-order valence-electron chi connectivity index (χ4n) is 7.73. The number of piperazine rings is 2. The third-order valence-electron chi connectivity index (χ3n) is 11.1. The van der Waals surface area contributed by atoms with E-state index in [1.165, 1.54) is 18.2 Å². The highest BCUT2D eigenvalue weighted by Crippen LogP contribution is 2.28. The first-order valence-corrected chi connectivity index (χ1v) is 24.4. The minimum Gasteiger partial charge on any atom is -0.390 e. The molecule has 0 bridgehead atoms. The number of carbonyl (C=O) groups is 3. The lowest BCUT2D eigenvalue weighted by molar-refractivity contribution is 0.0545. The molecule has 0 aliphatic carbocycles. The van der Waals surface area contributed by atoms with Gasteiger partial charge in [0.25, 0.3) is 11.8 Å². The maximum absolute atomic E-state index is 12.8. The number of nitroso groups, excluding NO2 is 1. The van der Waals surface area contributed by atoms with Crippen molar-refractivity contribution >= 4 is 134 Å². The second-order valence-corrected chi connectivity index (χ2v) is 20.0. The third kappa shape index (κ3) is 16.6. The topological polar surface area (TPSA) is 161 Å². The number of hydrogen-bond donors (Lipinski definition) is 4. The van der Waals surface area contributed by atoms with Gasteiger partial charge in [0.15, 0.2) is 4.30 Å². The van der Waals surface area contributed by atoms with E-state index in [0.717, 1.165) is 26.2 Å². The SMILES string of the molecule is ClC(Cl)Cl.O=C(Nc1ccc(Cl)c(Cl)c1)N1CCN([C@H]2CN(C(=O)c3ccc(Cl)cc3)C[C@@H]2O)CC1.O=C(c1ccc(Cl)cc1)N1C[C@H](O)[C@@H](N2CCNCC2)C1.O=Nc1ccc(Cl)c(Cl)c1. The fraction of sp³-hybridized carbons (Fsp3) is 0.386. The molecular weight excluding hydrogens is 1060 g/mol. The average molecular weight is 1100 g/mol. The molecule has 4 heterocycles. The van der Waals surface area contributed by atoms with Gasteiger partial charge in [-0.2, -0.15) is 0 Å². The lowest BCUT2D eigenvalue weighted by Gasteiger charge is -2.38. The molecule has 4 saturated heterocycles. The van der Waals surface area contributed by atoms with Crippen LogP contribution in [0.5, 0.6) is 0 Å². The Morgan fingerprint density at radius 2 is 1.00 bits per heavy atom. The fourth-order valence-corrected chi connectivity index (χ4v) is 8.57. The number of halogens is 9. The number of nitrogens with zero attached hydrogens (tertiary/aromatic N) is 6. The molecule has 4 N–H and O–H groups in total. The van der Waals surface area contributed by atoms with Gasteiger partial charge in [-0.05, 0) is 90.1 Å². The van der Waals surface area contributed by atoms with Gasteiger partial charge in [0.2, 0.25) is 0 Å². The summed E-state index contributed by atoms with van der Waals surface area (Å²) in [7, 11) is 0. The number of hydrogen-bond acceptors (Lipinski definition) is 10. The Morgan fingerprint density at radius 1 is 0.567 bits per heavy atom. The number of rotatable bonds is 6. The molecule has 362 valence electrons. The van der Waals surface area contributed by atoms with Crippen molar-refractivity contribution in [1.29, 1.82) is 0 Å². The van der Waals surface area contributed by atoms with Crippen LogP contribution in [0.15, 0.2) is 90.1 Å². The van der Waals surface area contributed by atoms with E-state index in [2.05, 4.69) is 25.6 Å². The van der Waals surface area contributed by atoms with Gasteiger partial charge in [0.05, 0.1) is 44.4 Å². The van der Waals surface area contributed by atoms with E-state index in [9.17, 15) is 29.5 Å². The summed E-state index contributed by atoms with van der Waals surface area (Å²) in [6.07, 6.45) is -1.11. The Labute approximate surface area is 433 Å². The van der Waals surface area contributed by atoms with E-state index in [1.807, 2.05) is 0 Å². The lowest BCUT2D eigenvalue weighted by atomic mass is 10.1. The van der Waals surface area contributed by atoms with Gasteiger partial charge >= 0.3 is 6.03 Å². The standard InChI is InChI=1S/C22H23Cl3N4O3.C15H20ClN3O2.C6H3Cl2NO.CHCl3/c23-15-3-1-14(2-4-15)21(31)29-12-19(20(30)13-29)27-7-9-28(10-8-27)22(32)26-16-5-6-17(24)18(25)11-16;16-12-3-1-11(2-4-12)15(21)19-9-13(14(20)10-19)18-7-5-17-6-8-18;7-5-2-1-4(9-10)3-6(5)8;2-1(3)4/h1-6,11,19-20,30H,7-10,12-13H2,(H,26,32);1-4,13-14,17,20H,5-10H2;1-3H;1H/t19-,20-;13-,14-;;/m00../s1. The van der Waals surface area contributed by atoms with E-state index < -0.39 is 16.5 Å². The Balaban J connectivity index is 0.000000204. The largest absolute Gasteiger partial charge is 0.390 e. The summed E-state index contributed by atoms with van der Waals surface area (Å²) in [6, 6.07) is 22.7. The normalized spacial score (nSPS) is 20.7. The van der Waals surface area contributed by atoms with Crippen molar-refractivity contribution in [1.82, 2.24) is 29.8 Å². The van der Waals surface area contributed by atoms with Gasteiger partial charge in [0.1, 0.15) is 5.69 Å². The predicted octanol–water partition coefficient (Wildman–Crippen LogP) is 9.49. The molecule has 4 aliphatic heterocycles. The van der Waals surface area contributed by atoms with Gasteiger partial charge in [-0.15, -0.1) is 4.91 Å². The van der Waals surface area contributed by atoms with Crippen LogP contribution in [0.25, 0.3) is 0 Å². The molecule has 0 unspecified atom stereocenters. The summed E-state index contributed by atoms with van der Waals surface area (Å²) >= 11 is 49.2. The maximum Gasteiger partial charge on any atom is 0.321 e. The maximum atomic E-state index is 12.8. The van der Waals surface area contributed by atoms with Crippen LogP contribution in [-0.4, -0.2) is 160 Å². The van der Waals surface area contributed by atoms with Crippen LogP contribution >= 0.6 is 104 Å². The molecule has 4 amide bonds. The molecule has 4 atom stereocenters. The average Bonchev–Trinajstić information content (AvgIpc) is 3.91. The molecule has 4 fully saturated rings. The Hall–Kier alpha value is -2.90. The molecule has 8 rings (SSSR count). The van der Waals surface area contributed by atoms with Crippen molar-refractivity contribution in [2.75, 3.05) is 83.9 Å². The van der Waals surface area contributed by atoms with Gasteiger partial charge in [-0.3, -0.25) is 19.4 Å². The molecular formula is C44H47Cl9N8O6. The molecule has 4 aromatic rings. The van der Waals surface area contributed by atoms with Crippen LogP contribution in [0.4, 0.5) is 16.2 Å². The number of β-amino-alcohol motifs (C(OH)–C–C–N with tert-alkyl or cyclic N) is 2. The first-order valence-electron chi connectivity index (χ1n) is 20.8. The Kier molecular flexibility index (Phi) is 22.1. The van der Waals surface area contributed by atoms with E-state index >= 15 is 0 Å². The van der Waals surface area contributed by atoms with Gasteiger partial charge in [0, 0.05) is 105 Å². The highest BCUT2D eigenvalue weighted by molar-refractivity contribution is 6.63. The summed E-state index contributed by atoms with van der Waals surface area (Å²) in [6.45, 7) is 7.68. The number of carbonyl (C=O) groups excluding carboxylic acids is 3. The van der Waals surface area contributed by atoms with Gasteiger partial charge in [-0.1, -0.05) is 104 Å². The minimum absolute atomic E-state index is 0.0386. The Bertz CT molecular complexity index is 2270. The number of anilines is 1. The van der Waals surface area contributed by atoms with Gasteiger partial charge < -0.3 is 35.5 Å². The van der Waals surface area contributed by atoms with Crippen molar-refractivity contribution in [3.63, 3.8) is 0 Å². The zero-order valence-corrected chi connectivity index (χ0v) is 42.4. The van der Waals surface area contributed by atoms with Crippen molar-refractivity contribution in [2.24, 2.45) is 5.18 Å². The van der Waals surface area contributed by atoms with Gasteiger partial charge in [-0.25, -0.2) is 4.79 Å². The number of aliphatic hydroxyl groups is 2. The number of benzene rings is 4. The number of amides is 4. The minimum atomic E-state index is -0.750. The molecule has 0 aromatic heterocycles. The molecule has 23 heteroatoms. The van der Waals surface area contributed by atoms with E-state index in [1.54, 1.807) is 81.4 Å². The first kappa shape index (κ1) is 55.0. The summed E-state index contributed by atoms with van der Waals surface area (Å²) in [5.74, 6) is -0.161. The predicted molar refractivity (Wildman–Crippen MR) is 271 cm³/mol. The molecule has 14 nitrogen and oxygen atoms in total. The third-order valence-corrected chi connectivity index (χ3v) is 13.1. The van der Waals surface area contributed by atoms with Crippen LogP contribution in [0.3, 0.4) is 0 Å².